The van der Waals surface area contributed by atoms with Crippen molar-refractivity contribution in [1.82, 2.24) is 20.4 Å². The number of carbonyl (C=O) groups is 1. The third-order valence-electron chi connectivity index (χ3n) is 7.76. The van der Waals surface area contributed by atoms with E-state index in [-0.39, 0.29) is 24.3 Å². The molecule has 9 heteroatoms. The summed E-state index contributed by atoms with van der Waals surface area (Å²) >= 11 is 0. The smallest absolute Gasteiger partial charge is 0.292 e. The van der Waals surface area contributed by atoms with Crippen LogP contribution in [0.25, 0.3) is 17.5 Å². The number of hydrogen-bond donors (Lipinski definition) is 4. The first-order valence-corrected chi connectivity index (χ1v) is 11.9. The van der Waals surface area contributed by atoms with Crippen molar-refractivity contribution in [2.45, 2.75) is 63.2 Å². The minimum Gasteiger partial charge on any atom is -0.392 e. The van der Waals surface area contributed by atoms with Gasteiger partial charge in [-0.1, -0.05) is 17.3 Å². The number of carbonyl (C=O) groups excluding carboxylic acids is 1. The first-order valence-electron chi connectivity index (χ1n) is 11.9. The van der Waals surface area contributed by atoms with Gasteiger partial charge in [-0.15, -0.1) is 0 Å². The molecule has 7 rings (SSSR count). The lowest BCUT2D eigenvalue weighted by Gasteiger charge is -2.58. The van der Waals surface area contributed by atoms with Crippen molar-refractivity contribution in [1.29, 1.82) is 0 Å². The number of allylic oxidation sites excluding steroid dienone is 1. The molecule has 5 aliphatic rings. The predicted molar refractivity (Wildman–Crippen MR) is 120 cm³/mol. The summed E-state index contributed by atoms with van der Waals surface area (Å²) < 4.78 is 5.47. The lowest BCUT2D eigenvalue weighted by Crippen LogP contribution is -2.59. The van der Waals surface area contributed by atoms with Gasteiger partial charge >= 0.3 is 0 Å². The summed E-state index contributed by atoms with van der Waals surface area (Å²) in [5.74, 6) is 1.17. The van der Waals surface area contributed by atoms with E-state index in [0.29, 0.717) is 23.3 Å². The first-order chi connectivity index (χ1) is 15.9. The van der Waals surface area contributed by atoms with Crippen LogP contribution in [0.5, 0.6) is 0 Å². The van der Waals surface area contributed by atoms with E-state index in [0.717, 1.165) is 55.5 Å². The van der Waals surface area contributed by atoms with Gasteiger partial charge in [0.2, 0.25) is 0 Å². The molecule has 3 unspecified atom stereocenters. The van der Waals surface area contributed by atoms with Crippen LogP contribution in [0.1, 0.15) is 60.9 Å². The molecule has 0 radical (unpaired) electrons. The van der Waals surface area contributed by atoms with Gasteiger partial charge in [0.05, 0.1) is 28.6 Å². The first kappa shape index (κ1) is 20.8. The summed E-state index contributed by atoms with van der Waals surface area (Å²) in [7, 11) is 0. The number of aromatic nitrogens is 3. The van der Waals surface area contributed by atoms with Crippen LogP contribution in [0.2, 0.25) is 0 Å². The van der Waals surface area contributed by atoms with Crippen molar-refractivity contribution < 1.29 is 19.5 Å². The third kappa shape index (κ3) is 3.63. The number of hydrogen-bond acceptors (Lipinski definition) is 8. The SMILES string of the molecule is CC(O)CNC(=O)c1noc(-c2cnc3c(c2NC2C4CC5CC2CC(O)(C5)C4)C=CC3)n1. The molecule has 4 fully saturated rings. The number of amides is 1. The zero-order valence-corrected chi connectivity index (χ0v) is 18.6. The quantitative estimate of drug-likeness (QED) is 0.525. The molecule has 1 amide bonds. The molecule has 5 aliphatic carbocycles. The number of aliphatic hydroxyl groups excluding tert-OH is 1. The highest BCUT2D eigenvalue weighted by molar-refractivity contribution is 5.91. The Bertz CT molecular complexity index is 1110. The van der Waals surface area contributed by atoms with E-state index in [2.05, 4.69) is 37.9 Å². The van der Waals surface area contributed by atoms with E-state index < -0.39 is 17.6 Å². The van der Waals surface area contributed by atoms with Crippen LogP contribution in [0.15, 0.2) is 16.8 Å². The summed E-state index contributed by atoms with van der Waals surface area (Å²) in [5, 5.41) is 30.6. The second-order valence-electron chi connectivity index (χ2n) is 10.4. The average molecular weight is 452 g/mol. The summed E-state index contributed by atoms with van der Waals surface area (Å²) in [4.78, 5) is 21.2. The highest BCUT2D eigenvalue weighted by Gasteiger charge is 2.54. The molecule has 4 saturated carbocycles. The molecule has 4 bridgehead atoms. The van der Waals surface area contributed by atoms with Crippen LogP contribution in [-0.4, -0.2) is 55.5 Å². The van der Waals surface area contributed by atoms with Crippen molar-refractivity contribution in [3.05, 3.63) is 29.4 Å². The lowest BCUT2D eigenvalue weighted by atomic mass is 9.52. The second kappa shape index (κ2) is 7.63. The van der Waals surface area contributed by atoms with Gasteiger partial charge in [0.15, 0.2) is 0 Å². The Balaban J connectivity index is 1.32. The van der Waals surface area contributed by atoms with Gasteiger partial charge < -0.3 is 25.4 Å². The normalized spacial score (nSPS) is 32.1. The molecule has 2 aromatic heterocycles. The molecule has 0 aromatic carbocycles. The second-order valence-corrected chi connectivity index (χ2v) is 10.4. The number of rotatable bonds is 6. The Labute approximate surface area is 191 Å². The van der Waals surface area contributed by atoms with Crippen LogP contribution < -0.4 is 10.6 Å². The summed E-state index contributed by atoms with van der Waals surface area (Å²) in [6.45, 7) is 1.70. The van der Waals surface area contributed by atoms with E-state index in [4.69, 9.17) is 4.52 Å². The van der Waals surface area contributed by atoms with E-state index in [1.165, 1.54) is 0 Å². The molecular formula is C24H29N5O4. The zero-order valence-electron chi connectivity index (χ0n) is 18.6. The Morgan fingerprint density at radius 1 is 1.30 bits per heavy atom. The molecule has 2 heterocycles. The number of aliphatic hydroxyl groups is 2. The van der Waals surface area contributed by atoms with Gasteiger partial charge in [-0.25, -0.2) is 0 Å². The summed E-state index contributed by atoms with van der Waals surface area (Å²) in [5.41, 5.74) is 3.13. The molecule has 0 aliphatic heterocycles. The molecule has 0 spiro atoms. The molecule has 174 valence electrons. The molecule has 4 N–H and O–H groups in total. The van der Waals surface area contributed by atoms with Crippen molar-refractivity contribution in [3.8, 4) is 11.5 Å². The van der Waals surface area contributed by atoms with Gasteiger partial charge in [0.25, 0.3) is 17.6 Å². The minimum absolute atomic E-state index is 0.0792. The van der Waals surface area contributed by atoms with Crippen LogP contribution >= 0.6 is 0 Å². The molecule has 3 atom stereocenters. The number of fused-ring (bicyclic) bond motifs is 1. The minimum atomic E-state index is -0.664. The Kier molecular flexibility index (Phi) is 4.81. The predicted octanol–water partition coefficient (Wildman–Crippen LogP) is 2.16. The molecule has 33 heavy (non-hydrogen) atoms. The van der Waals surface area contributed by atoms with Gasteiger partial charge in [0, 0.05) is 30.8 Å². The van der Waals surface area contributed by atoms with Crippen LogP contribution in [0.3, 0.4) is 0 Å². The van der Waals surface area contributed by atoms with Crippen molar-refractivity contribution in [2.75, 3.05) is 11.9 Å². The topological polar surface area (TPSA) is 133 Å². The number of nitrogens with one attached hydrogen (secondary N) is 2. The van der Waals surface area contributed by atoms with Crippen LogP contribution in [0.4, 0.5) is 5.69 Å². The maximum Gasteiger partial charge on any atom is 0.292 e. The Morgan fingerprint density at radius 2 is 2.09 bits per heavy atom. The molecule has 9 nitrogen and oxygen atoms in total. The molecule has 2 aromatic rings. The fourth-order valence-electron chi connectivity index (χ4n) is 6.64. The van der Waals surface area contributed by atoms with Gasteiger partial charge in [-0.3, -0.25) is 9.78 Å². The van der Waals surface area contributed by atoms with E-state index in [1.807, 2.05) is 0 Å². The monoisotopic (exact) mass is 451 g/mol. The van der Waals surface area contributed by atoms with Crippen molar-refractivity contribution >= 4 is 17.7 Å². The summed E-state index contributed by atoms with van der Waals surface area (Å²) in [6.07, 6.45) is 11.0. The number of anilines is 1. The van der Waals surface area contributed by atoms with Gasteiger partial charge in [-0.2, -0.15) is 4.98 Å². The van der Waals surface area contributed by atoms with Crippen LogP contribution in [0, 0.1) is 17.8 Å². The summed E-state index contributed by atoms with van der Waals surface area (Å²) in [6, 6.07) is 0.276. The number of pyridine rings is 1. The fourth-order valence-corrected chi connectivity index (χ4v) is 6.64. The standard InChI is InChI=1S/C24H29N5O4/c1-12(30)10-26-22(31)21-28-23(33-29-21)17-11-25-18-4-2-3-16(18)20(17)27-19-14-5-13-6-15(19)9-24(32,7-13)8-14/h2-3,11-15,19,30,32H,4-10H2,1H3,(H,25,27)(H,26,31). The van der Waals surface area contributed by atoms with E-state index in [9.17, 15) is 15.0 Å². The third-order valence-corrected chi connectivity index (χ3v) is 7.76. The van der Waals surface area contributed by atoms with E-state index in [1.54, 1.807) is 13.1 Å². The van der Waals surface area contributed by atoms with Crippen molar-refractivity contribution in [2.24, 2.45) is 17.8 Å². The highest BCUT2D eigenvalue weighted by Crippen LogP contribution is 2.56. The van der Waals surface area contributed by atoms with Gasteiger partial charge in [0.1, 0.15) is 0 Å². The van der Waals surface area contributed by atoms with Gasteiger partial charge in [-0.05, 0) is 56.8 Å². The average Bonchev–Trinajstić information content (AvgIpc) is 3.43. The Morgan fingerprint density at radius 3 is 2.82 bits per heavy atom. The van der Waals surface area contributed by atoms with E-state index >= 15 is 0 Å². The highest BCUT2D eigenvalue weighted by atomic mass is 16.5. The largest absolute Gasteiger partial charge is 0.392 e. The molecular weight excluding hydrogens is 422 g/mol. The maximum absolute atomic E-state index is 12.3. The fraction of sp³-hybridized carbons (Fsp3) is 0.583. The molecule has 0 saturated heterocycles. The zero-order chi connectivity index (χ0) is 22.7. The van der Waals surface area contributed by atoms with Crippen LogP contribution in [-0.2, 0) is 6.42 Å². The van der Waals surface area contributed by atoms with Crippen molar-refractivity contribution in [3.63, 3.8) is 0 Å². The maximum atomic E-state index is 12.3. The lowest BCUT2D eigenvalue weighted by molar-refractivity contribution is -0.129. The number of nitrogens with zero attached hydrogens (tertiary/aromatic N) is 3. The Hall–Kier alpha value is -2.78.